The first-order chi connectivity index (χ1) is 8.13. The summed E-state index contributed by atoms with van der Waals surface area (Å²) in [5, 5.41) is 4.35. The fourth-order valence-corrected chi connectivity index (χ4v) is 2.42. The molecule has 0 radical (unpaired) electrons. The van der Waals surface area contributed by atoms with E-state index in [0.717, 1.165) is 34.1 Å². The number of aryl methyl sites for hydroxylation is 2. The standard InChI is InChI=1S/C10H11BrN4OS/c1-3-15-8(10(11)6(2)13-15)4-9(16)7-5-12-17-14-7/h5H,3-4H2,1-2H3. The van der Waals surface area contributed by atoms with Gasteiger partial charge < -0.3 is 0 Å². The van der Waals surface area contributed by atoms with Crippen LogP contribution < -0.4 is 0 Å². The van der Waals surface area contributed by atoms with Crippen LogP contribution in [-0.4, -0.2) is 24.3 Å². The molecular formula is C10H11BrN4OS. The van der Waals surface area contributed by atoms with E-state index < -0.39 is 0 Å². The first kappa shape index (κ1) is 12.4. The average molecular weight is 315 g/mol. The van der Waals surface area contributed by atoms with Gasteiger partial charge in [-0.25, -0.2) is 0 Å². The van der Waals surface area contributed by atoms with Crippen LogP contribution in [0.3, 0.4) is 0 Å². The maximum atomic E-state index is 11.9. The Labute approximate surface area is 111 Å². The van der Waals surface area contributed by atoms with Crippen LogP contribution in [0.1, 0.15) is 28.8 Å². The van der Waals surface area contributed by atoms with Crippen molar-refractivity contribution in [3.8, 4) is 0 Å². The Morgan fingerprint density at radius 1 is 1.59 bits per heavy atom. The average Bonchev–Trinajstić information content (AvgIpc) is 2.92. The molecule has 0 unspecified atom stereocenters. The van der Waals surface area contributed by atoms with Crippen LogP contribution in [0.2, 0.25) is 0 Å². The number of halogens is 1. The summed E-state index contributed by atoms with van der Waals surface area (Å²) in [7, 11) is 0. The highest BCUT2D eigenvalue weighted by atomic mass is 79.9. The molecule has 0 aromatic carbocycles. The number of Topliss-reactive ketones (excluding diaryl/α,β-unsaturated/α-hetero) is 1. The Balaban J connectivity index is 2.27. The molecule has 0 aliphatic heterocycles. The normalized spacial score (nSPS) is 10.8. The summed E-state index contributed by atoms with van der Waals surface area (Å²) in [6, 6.07) is 0. The molecular weight excluding hydrogens is 304 g/mol. The van der Waals surface area contributed by atoms with Gasteiger partial charge in [0.25, 0.3) is 0 Å². The van der Waals surface area contributed by atoms with Crippen LogP contribution in [0, 0.1) is 6.92 Å². The van der Waals surface area contributed by atoms with E-state index in [1.54, 1.807) is 0 Å². The third-order valence-corrected chi connectivity index (χ3v) is 3.94. The van der Waals surface area contributed by atoms with E-state index >= 15 is 0 Å². The van der Waals surface area contributed by atoms with E-state index in [2.05, 4.69) is 29.8 Å². The van der Waals surface area contributed by atoms with E-state index in [4.69, 9.17) is 0 Å². The SMILES string of the molecule is CCn1nc(C)c(Br)c1CC(=O)c1cnsn1. The molecule has 2 aromatic heterocycles. The van der Waals surface area contributed by atoms with Gasteiger partial charge in [-0.2, -0.15) is 13.8 Å². The molecule has 0 atom stereocenters. The van der Waals surface area contributed by atoms with Crippen molar-refractivity contribution in [3.63, 3.8) is 0 Å². The Bertz CT molecular complexity index is 535. The number of aromatic nitrogens is 4. The summed E-state index contributed by atoms with van der Waals surface area (Å²) >= 11 is 4.51. The topological polar surface area (TPSA) is 60.7 Å². The first-order valence-electron chi connectivity index (χ1n) is 5.16. The molecule has 0 amide bonds. The number of hydrogen-bond donors (Lipinski definition) is 0. The third kappa shape index (κ3) is 2.44. The molecule has 90 valence electrons. The van der Waals surface area contributed by atoms with Crippen molar-refractivity contribution in [2.24, 2.45) is 0 Å². The number of carbonyl (C=O) groups excluding carboxylic acids is 1. The number of nitrogens with zero attached hydrogens (tertiary/aromatic N) is 4. The lowest BCUT2D eigenvalue weighted by Gasteiger charge is -2.03. The molecule has 0 saturated carbocycles. The monoisotopic (exact) mass is 314 g/mol. The molecule has 5 nitrogen and oxygen atoms in total. The number of rotatable bonds is 4. The van der Waals surface area contributed by atoms with Crippen LogP contribution in [0.25, 0.3) is 0 Å². The maximum Gasteiger partial charge on any atom is 0.189 e. The Morgan fingerprint density at radius 2 is 2.35 bits per heavy atom. The summed E-state index contributed by atoms with van der Waals surface area (Å²) in [6.45, 7) is 4.65. The minimum atomic E-state index is -0.0333. The van der Waals surface area contributed by atoms with Gasteiger partial charge in [0.2, 0.25) is 0 Å². The molecule has 0 aliphatic rings. The molecule has 0 fully saturated rings. The van der Waals surface area contributed by atoms with E-state index in [0.29, 0.717) is 12.1 Å². The van der Waals surface area contributed by atoms with Crippen molar-refractivity contribution in [2.75, 3.05) is 0 Å². The van der Waals surface area contributed by atoms with Gasteiger partial charge in [-0.15, -0.1) is 0 Å². The number of hydrogen-bond acceptors (Lipinski definition) is 5. The van der Waals surface area contributed by atoms with E-state index in [1.807, 2.05) is 18.5 Å². The van der Waals surface area contributed by atoms with Crippen LogP contribution >= 0.6 is 27.7 Å². The Kier molecular flexibility index (Phi) is 3.68. The third-order valence-electron chi connectivity index (χ3n) is 2.43. The van der Waals surface area contributed by atoms with E-state index in [1.165, 1.54) is 6.20 Å². The van der Waals surface area contributed by atoms with Crippen molar-refractivity contribution >= 4 is 33.4 Å². The summed E-state index contributed by atoms with van der Waals surface area (Å²) in [4.78, 5) is 11.9. The molecule has 2 heterocycles. The Hall–Kier alpha value is -1.08. The van der Waals surface area contributed by atoms with Crippen molar-refractivity contribution in [2.45, 2.75) is 26.8 Å². The minimum Gasteiger partial charge on any atom is -0.292 e. The predicted octanol–water partition coefficient (Wildman–Crippen LogP) is 2.25. The molecule has 0 N–H and O–H groups in total. The lowest BCUT2D eigenvalue weighted by Crippen LogP contribution is -2.10. The van der Waals surface area contributed by atoms with Crippen LogP contribution in [-0.2, 0) is 13.0 Å². The summed E-state index contributed by atoms with van der Waals surface area (Å²) < 4.78 is 10.5. The molecule has 7 heteroatoms. The smallest absolute Gasteiger partial charge is 0.189 e. The van der Waals surface area contributed by atoms with Crippen molar-refractivity contribution < 1.29 is 4.79 Å². The van der Waals surface area contributed by atoms with E-state index in [9.17, 15) is 4.79 Å². The fraction of sp³-hybridized carbons (Fsp3) is 0.400. The van der Waals surface area contributed by atoms with Gasteiger partial charge in [0.15, 0.2) is 5.78 Å². The number of carbonyl (C=O) groups is 1. The summed E-state index contributed by atoms with van der Waals surface area (Å²) in [5.74, 6) is -0.0333. The number of ketones is 1. The molecule has 0 saturated heterocycles. The van der Waals surface area contributed by atoms with E-state index in [-0.39, 0.29) is 5.78 Å². The first-order valence-corrected chi connectivity index (χ1v) is 6.68. The van der Waals surface area contributed by atoms with Gasteiger partial charge >= 0.3 is 0 Å². The fourth-order valence-electron chi connectivity index (χ4n) is 1.57. The maximum absolute atomic E-state index is 11.9. The van der Waals surface area contributed by atoms with Crippen molar-refractivity contribution in [1.82, 2.24) is 18.5 Å². The zero-order valence-corrected chi connectivity index (χ0v) is 11.9. The molecule has 2 aromatic rings. The van der Waals surface area contributed by atoms with Gasteiger partial charge in [-0.05, 0) is 29.8 Å². The zero-order chi connectivity index (χ0) is 12.4. The molecule has 0 spiro atoms. The highest BCUT2D eigenvalue weighted by molar-refractivity contribution is 9.10. The highest BCUT2D eigenvalue weighted by Gasteiger charge is 2.17. The van der Waals surface area contributed by atoms with Crippen LogP contribution in [0.5, 0.6) is 0 Å². The van der Waals surface area contributed by atoms with Crippen molar-refractivity contribution in [3.05, 3.63) is 27.8 Å². The summed E-state index contributed by atoms with van der Waals surface area (Å²) in [5.41, 5.74) is 2.21. The van der Waals surface area contributed by atoms with Crippen molar-refractivity contribution in [1.29, 1.82) is 0 Å². The van der Waals surface area contributed by atoms with Gasteiger partial charge in [0.05, 0.1) is 40.2 Å². The van der Waals surface area contributed by atoms with Crippen LogP contribution in [0.15, 0.2) is 10.7 Å². The lowest BCUT2D eigenvalue weighted by molar-refractivity contribution is 0.0986. The molecule has 0 aliphatic carbocycles. The minimum absolute atomic E-state index is 0.0333. The second-order valence-corrected chi connectivity index (χ2v) is 4.90. The quantitative estimate of drug-likeness (QED) is 0.812. The molecule has 0 bridgehead atoms. The second kappa shape index (κ2) is 5.05. The highest BCUT2D eigenvalue weighted by Crippen LogP contribution is 2.22. The largest absolute Gasteiger partial charge is 0.292 e. The Morgan fingerprint density at radius 3 is 2.94 bits per heavy atom. The van der Waals surface area contributed by atoms with Crippen LogP contribution in [0.4, 0.5) is 0 Å². The lowest BCUT2D eigenvalue weighted by atomic mass is 10.1. The van der Waals surface area contributed by atoms with Gasteiger partial charge in [0.1, 0.15) is 5.69 Å². The van der Waals surface area contributed by atoms with Gasteiger partial charge in [-0.3, -0.25) is 9.48 Å². The predicted molar refractivity (Wildman–Crippen MR) is 68.3 cm³/mol. The summed E-state index contributed by atoms with van der Waals surface area (Å²) in [6.07, 6.45) is 1.79. The van der Waals surface area contributed by atoms with Gasteiger partial charge in [0, 0.05) is 6.54 Å². The molecule has 17 heavy (non-hydrogen) atoms. The van der Waals surface area contributed by atoms with Gasteiger partial charge in [-0.1, -0.05) is 0 Å². The molecule has 2 rings (SSSR count). The second-order valence-electron chi connectivity index (χ2n) is 3.55. The zero-order valence-electron chi connectivity index (χ0n) is 9.47.